The Kier molecular flexibility index (Phi) is 6.47. The average Bonchev–Trinajstić information content (AvgIpc) is 2.34. The third-order valence-electron chi connectivity index (χ3n) is 2.49. The Labute approximate surface area is 111 Å². The molecule has 0 spiro atoms. The van der Waals surface area contributed by atoms with E-state index in [1.165, 1.54) is 0 Å². The zero-order valence-corrected chi connectivity index (χ0v) is 12.1. The quantitative estimate of drug-likeness (QED) is 0.743. The molecule has 18 heavy (non-hydrogen) atoms. The number of hydrogen-bond donors (Lipinski definition) is 2. The average molecular weight is 250 g/mol. The summed E-state index contributed by atoms with van der Waals surface area (Å²) in [5, 5.41) is 6.70. The molecule has 0 fully saturated rings. The summed E-state index contributed by atoms with van der Waals surface area (Å²) in [5.74, 6) is 3.40. The van der Waals surface area contributed by atoms with Gasteiger partial charge in [0.25, 0.3) is 0 Å². The third-order valence-corrected chi connectivity index (χ3v) is 2.49. The van der Waals surface area contributed by atoms with E-state index in [-0.39, 0.29) is 0 Å². The fourth-order valence-electron chi connectivity index (χ4n) is 1.58. The van der Waals surface area contributed by atoms with E-state index in [1.54, 1.807) is 0 Å². The fourth-order valence-corrected chi connectivity index (χ4v) is 1.58. The molecule has 1 aromatic rings. The number of anilines is 2. The smallest absolute Gasteiger partial charge is 0.133 e. The fraction of sp³-hybridized carbons (Fsp3) is 0.714. The Balaban J connectivity index is 2.76. The molecule has 0 amide bonds. The van der Waals surface area contributed by atoms with Crippen LogP contribution in [0.15, 0.2) is 6.07 Å². The minimum atomic E-state index is 0.613. The Bertz CT molecular complexity index is 350. The highest BCUT2D eigenvalue weighted by Crippen LogP contribution is 2.13. The van der Waals surface area contributed by atoms with E-state index in [4.69, 9.17) is 0 Å². The van der Waals surface area contributed by atoms with Crippen LogP contribution in [0.25, 0.3) is 0 Å². The van der Waals surface area contributed by atoms with E-state index in [0.29, 0.717) is 5.92 Å². The monoisotopic (exact) mass is 250 g/mol. The van der Waals surface area contributed by atoms with E-state index < -0.39 is 0 Å². The van der Waals surface area contributed by atoms with Gasteiger partial charge >= 0.3 is 0 Å². The van der Waals surface area contributed by atoms with E-state index in [0.717, 1.165) is 49.8 Å². The normalized spacial score (nSPS) is 10.7. The topological polar surface area (TPSA) is 49.8 Å². The number of aromatic nitrogens is 2. The predicted molar refractivity (Wildman–Crippen MR) is 78.1 cm³/mol. The molecule has 4 heteroatoms. The van der Waals surface area contributed by atoms with Crippen LogP contribution in [0.4, 0.5) is 11.6 Å². The second kappa shape index (κ2) is 7.90. The van der Waals surface area contributed by atoms with E-state index >= 15 is 0 Å². The Hall–Kier alpha value is -1.32. The van der Waals surface area contributed by atoms with Gasteiger partial charge in [0.2, 0.25) is 0 Å². The molecule has 0 radical (unpaired) electrons. The molecule has 0 saturated carbocycles. The Morgan fingerprint density at radius 2 is 1.72 bits per heavy atom. The van der Waals surface area contributed by atoms with E-state index in [9.17, 15) is 0 Å². The van der Waals surface area contributed by atoms with Gasteiger partial charge < -0.3 is 10.6 Å². The third kappa shape index (κ3) is 5.34. The van der Waals surface area contributed by atoms with Crippen LogP contribution in [-0.2, 0) is 6.42 Å². The number of rotatable bonds is 8. The van der Waals surface area contributed by atoms with Crippen molar-refractivity contribution in [3.05, 3.63) is 11.9 Å². The molecule has 0 atom stereocenters. The summed E-state index contributed by atoms with van der Waals surface area (Å²) in [6.45, 7) is 10.6. The largest absolute Gasteiger partial charge is 0.370 e. The zero-order valence-electron chi connectivity index (χ0n) is 12.1. The van der Waals surface area contributed by atoms with Crippen LogP contribution in [0.2, 0.25) is 0 Å². The van der Waals surface area contributed by atoms with Crippen molar-refractivity contribution in [2.45, 2.75) is 47.0 Å². The number of hydrogen-bond acceptors (Lipinski definition) is 4. The van der Waals surface area contributed by atoms with E-state index in [1.807, 2.05) is 6.07 Å². The summed E-state index contributed by atoms with van der Waals surface area (Å²) in [6.07, 6.45) is 3.10. The highest BCUT2D eigenvalue weighted by atomic mass is 15.1. The minimum absolute atomic E-state index is 0.613. The van der Waals surface area contributed by atoms with Crippen LogP contribution in [0, 0.1) is 5.92 Å². The molecule has 0 bridgehead atoms. The molecule has 4 nitrogen and oxygen atoms in total. The van der Waals surface area contributed by atoms with Gasteiger partial charge in [-0.05, 0) is 18.8 Å². The lowest BCUT2D eigenvalue weighted by Crippen LogP contribution is -2.12. The maximum absolute atomic E-state index is 4.54. The van der Waals surface area contributed by atoms with Crippen LogP contribution in [0.1, 0.15) is 46.4 Å². The van der Waals surface area contributed by atoms with Crippen molar-refractivity contribution in [3.63, 3.8) is 0 Å². The van der Waals surface area contributed by atoms with Crippen molar-refractivity contribution in [1.82, 2.24) is 9.97 Å². The molecule has 2 N–H and O–H groups in total. The summed E-state index contributed by atoms with van der Waals surface area (Å²) >= 11 is 0. The molecule has 0 saturated heterocycles. The second-order valence-electron chi connectivity index (χ2n) is 5.01. The molecule has 1 heterocycles. The van der Waals surface area contributed by atoms with Crippen molar-refractivity contribution >= 4 is 11.6 Å². The van der Waals surface area contributed by atoms with Crippen LogP contribution in [0.5, 0.6) is 0 Å². The highest BCUT2D eigenvalue weighted by Gasteiger charge is 2.04. The van der Waals surface area contributed by atoms with Gasteiger partial charge in [-0.25, -0.2) is 9.97 Å². The van der Waals surface area contributed by atoms with Crippen molar-refractivity contribution < 1.29 is 0 Å². The molecule has 1 aromatic heterocycles. The molecular formula is C14H26N4. The number of aryl methyl sites for hydroxylation is 1. The van der Waals surface area contributed by atoms with Crippen LogP contribution < -0.4 is 10.6 Å². The van der Waals surface area contributed by atoms with Gasteiger partial charge in [-0.15, -0.1) is 0 Å². The standard InChI is InChI=1S/C14H26N4/c1-5-7-12-17-13(15-8-6-2)9-14(18-12)16-10-11(3)4/h9,11H,5-8,10H2,1-4H3,(H2,15,16,17,18). The van der Waals surface area contributed by atoms with Crippen molar-refractivity contribution in [2.75, 3.05) is 23.7 Å². The van der Waals surface area contributed by atoms with E-state index in [2.05, 4.69) is 48.3 Å². The first-order valence-corrected chi connectivity index (χ1v) is 7.01. The van der Waals surface area contributed by atoms with Crippen LogP contribution in [-0.4, -0.2) is 23.1 Å². The second-order valence-corrected chi connectivity index (χ2v) is 5.01. The van der Waals surface area contributed by atoms with Gasteiger partial charge in [-0.2, -0.15) is 0 Å². The van der Waals surface area contributed by atoms with Crippen molar-refractivity contribution in [3.8, 4) is 0 Å². The maximum Gasteiger partial charge on any atom is 0.133 e. The molecule has 102 valence electrons. The summed E-state index contributed by atoms with van der Waals surface area (Å²) in [4.78, 5) is 9.07. The van der Waals surface area contributed by atoms with Gasteiger partial charge in [0, 0.05) is 25.6 Å². The summed E-state index contributed by atoms with van der Waals surface area (Å²) in [6, 6.07) is 2.00. The van der Waals surface area contributed by atoms with Gasteiger partial charge in [-0.1, -0.05) is 27.7 Å². The lowest BCUT2D eigenvalue weighted by Gasteiger charge is -2.12. The van der Waals surface area contributed by atoms with Gasteiger partial charge in [0.05, 0.1) is 0 Å². The number of nitrogens with zero attached hydrogens (tertiary/aromatic N) is 2. The molecule has 1 rings (SSSR count). The summed E-state index contributed by atoms with van der Waals surface area (Å²) in [7, 11) is 0. The van der Waals surface area contributed by atoms with Gasteiger partial charge in [0.15, 0.2) is 0 Å². The molecular weight excluding hydrogens is 224 g/mol. The molecule has 0 aliphatic carbocycles. The van der Waals surface area contributed by atoms with Gasteiger partial charge in [-0.3, -0.25) is 0 Å². The Morgan fingerprint density at radius 3 is 2.28 bits per heavy atom. The lowest BCUT2D eigenvalue weighted by molar-refractivity contribution is 0.685. The predicted octanol–water partition coefficient (Wildman–Crippen LogP) is 3.32. The zero-order chi connectivity index (χ0) is 13.4. The molecule has 0 aliphatic heterocycles. The first kappa shape index (κ1) is 14.7. The van der Waals surface area contributed by atoms with Crippen LogP contribution >= 0.6 is 0 Å². The SMILES string of the molecule is CCCNc1cc(NCC(C)C)nc(CCC)n1. The maximum atomic E-state index is 4.54. The van der Waals surface area contributed by atoms with Gasteiger partial charge in [0.1, 0.15) is 17.5 Å². The summed E-state index contributed by atoms with van der Waals surface area (Å²) < 4.78 is 0. The first-order chi connectivity index (χ1) is 8.65. The summed E-state index contributed by atoms with van der Waals surface area (Å²) in [5.41, 5.74) is 0. The Morgan fingerprint density at radius 1 is 1.06 bits per heavy atom. The lowest BCUT2D eigenvalue weighted by atomic mass is 10.2. The molecule has 0 aromatic carbocycles. The highest BCUT2D eigenvalue weighted by molar-refractivity contribution is 5.47. The van der Waals surface area contributed by atoms with Crippen molar-refractivity contribution in [2.24, 2.45) is 5.92 Å². The molecule has 0 aliphatic rings. The van der Waals surface area contributed by atoms with Crippen LogP contribution in [0.3, 0.4) is 0 Å². The number of nitrogens with one attached hydrogen (secondary N) is 2. The van der Waals surface area contributed by atoms with Crippen molar-refractivity contribution in [1.29, 1.82) is 0 Å². The minimum Gasteiger partial charge on any atom is -0.370 e. The first-order valence-electron chi connectivity index (χ1n) is 7.01. The molecule has 0 unspecified atom stereocenters.